The summed E-state index contributed by atoms with van der Waals surface area (Å²) in [6.45, 7) is 2.81. The van der Waals surface area contributed by atoms with Crippen LogP contribution in [0.3, 0.4) is 0 Å². The van der Waals surface area contributed by atoms with Gasteiger partial charge in [0.15, 0.2) is 0 Å². The number of hydrogen-bond donors (Lipinski definition) is 0. The average Bonchev–Trinajstić information content (AvgIpc) is 2.65. The van der Waals surface area contributed by atoms with Gasteiger partial charge in [0.1, 0.15) is 6.33 Å². The second-order valence-electron chi connectivity index (χ2n) is 2.47. The van der Waals surface area contributed by atoms with Crippen molar-refractivity contribution < 1.29 is 4.79 Å². The highest BCUT2D eigenvalue weighted by Crippen LogP contribution is 1.94. The molecule has 0 radical (unpaired) electrons. The van der Waals surface area contributed by atoms with E-state index in [9.17, 15) is 4.79 Å². The number of rotatable bonds is 2. The predicted octanol–water partition coefficient (Wildman–Crippen LogP) is 0.806. The van der Waals surface area contributed by atoms with E-state index in [2.05, 4.69) is 10.9 Å². The van der Waals surface area contributed by atoms with E-state index in [1.54, 1.807) is 17.3 Å². The summed E-state index contributed by atoms with van der Waals surface area (Å²) >= 11 is 0. The van der Waals surface area contributed by atoms with Gasteiger partial charge in [-0.25, -0.2) is 9.78 Å². The lowest BCUT2D eigenvalue weighted by molar-refractivity contribution is 0.208. The molecule has 0 saturated heterocycles. The lowest BCUT2D eigenvalue weighted by Gasteiger charge is -2.17. The van der Waals surface area contributed by atoms with Crippen molar-refractivity contribution in [3.8, 4) is 12.3 Å². The van der Waals surface area contributed by atoms with Crippen molar-refractivity contribution in [1.29, 1.82) is 0 Å². The molecule has 0 bridgehead atoms. The van der Waals surface area contributed by atoms with Gasteiger partial charge in [-0.15, -0.1) is 6.42 Å². The molecule has 1 heterocycles. The summed E-state index contributed by atoms with van der Waals surface area (Å²) in [7, 11) is 0. The van der Waals surface area contributed by atoms with E-state index in [0.717, 1.165) is 0 Å². The van der Waals surface area contributed by atoms with E-state index in [0.29, 0.717) is 13.1 Å². The normalized spacial score (nSPS) is 9.23. The standard InChI is InChI=1S/C9H11N3O/c1-3-6-11(4-2)9(13)12-7-5-10-8-12/h1,5,7-8H,4,6H2,2H3. The van der Waals surface area contributed by atoms with Crippen molar-refractivity contribution in [2.24, 2.45) is 0 Å². The molecule has 1 aromatic heterocycles. The monoisotopic (exact) mass is 177 g/mol. The molecule has 0 aliphatic heterocycles. The van der Waals surface area contributed by atoms with Crippen LogP contribution in [-0.4, -0.2) is 33.6 Å². The molecule has 1 aromatic rings. The predicted molar refractivity (Wildman–Crippen MR) is 49.1 cm³/mol. The van der Waals surface area contributed by atoms with Crippen LogP contribution in [0.2, 0.25) is 0 Å². The van der Waals surface area contributed by atoms with Crippen LogP contribution in [-0.2, 0) is 0 Å². The van der Waals surface area contributed by atoms with Gasteiger partial charge < -0.3 is 4.90 Å². The highest BCUT2D eigenvalue weighted by molar-refractivity contribution is 5.76. The zero-order valence-corrected chi connectivity index (χ0v) is 7.47. The first-order chi connectivity index (χ1) is 6.29. The summed E-state index contributed by atoms with van der Waals surface area (Å²) < 4.78 is 1.40. The van der Waals surface area contributed by atoms with Crippen LogP contribution < -0.4 is 0 Å². The number of hydrogen-bond acceptors (Lipinski definition) is 2. The van der Waals surface area contributed by atoms with Crippen LogP contribution >= 0.6 is 0 Å². The number of nitrogens with zero attached hydrogens (tertiary/aromatic N) is 3. The molecular formula is C9H11N3O. The number of amides is 1. The molecule has 4 heteroatoms. The summed E-state index contributed by atoms with van der Waals surface area (Å²) in [6.07, 6.45) is 9.74. The third-order valence-electron chi connectivity index (χ3n) is 1.66. The fraction of sp³-hybridized carbons (Fsp3) is 0.333. The van der Waals surface area contributed by atoms with E-state index in [1.807, 2.05) is 6.92 Å². The molecule has 4 nitrogen and oxygen atoms in total. The Morgan fingerprint density at radius 1 is 1.77 bits per heavy atom. The molecule has 0 aromatic carbocycles. The minimum Gasteiger partial charge on any atom is -0.313 e. The number of aromatic nitrogens is 2. The van der Waals surface area contributed by atoms with Gasteiger partial charge in [-0.3, -0.25) is 4.57 Å². The van der Waals surface area contributed by atoms with Crippen molar-refractivity contribution >= 4 is 6.03 Å². The molecule has 0 atom stereocenters. The van der Waals surface area contributed by atoms with Gasteiger partial charge in [-0.1, -0.05) is 5.92 Å². The quantitative estimate of drug-likeness (QED) is 0.627. The van der Waals surface area contributed by atoms with Crippen LogP contribution in [0, 0.1) is 12.3 Å². The van der Waals surface area contributed by atoms with Gasteiger partial charge in [0.05, 0.1) is 6.54 Å². The Morgan fingerprint density at radius 2 is 2.54 bits per heavy atom. The van der Waals surface area contributed by atoms with Crippen molar-refractivity contribution in [3.63, 3.8) is 0 Å². The van der Waals surface area contributed by atoms with Crippen molar-refractivity contribution in [2.75, 3.05) is 13.1 Å². The number of imidazole rings is 1. The highest BCUT2D eigenvalue weighted by Gasteiger charge is 2.10. The van der Waals surface area contributed by atoms with Crippen LogP contribution in [0.1, 0.15) is 6.92 Å². The zero-order chi connectivity index (χ0) is 9.68. The molecule has 0 aliphatic rings. The molecule has 0 unspecified atom stereocenters. The fourth-order valence-electron chi connectivity index (χ4n) is 0.960. The first-order valence-corrected chi connectivity index (χ1v) is 4.00. The van der Waals surface area contributed by atoms with Crippen LogP contribution in [0.15, 0.2) is 18.7 Å². The molecule has 0 aliphatic carbocycles. The number of carbonyl (C=O) groups is 1. The topological polar surface area (TPSA) is 38.1 Å². The Bertz CT molecular complexity index is 310. The van der Waals surface area contributed by atoms with Gasteiger partial charge in [0, 0.05) is 18.9 Å². The molecule has 1 amide bonds. The van der Waals surface area contributed by atoms with Gasteiger partial charge in [0.25, 0.3) is 0 Å². The van der Waals surface area contributed by atoms with Gasteiger partial charge in [0.2, 0.25) is 0 Å². The minimum absolute atomic E-state index is 0.141. The molecule has 0 N–H and O–H groups in total. The Hall–Kier alpha value is -1.76. The third kappa shape index (κ3) is 2.09. The fourth-order valence-corrected chi connectivity index (χ4v) is 0.960. The van der Waals surface area contributed by atoms with E-state index in [4.69, 9.17) is 6.42 Å². The third-order valence-corrected chi connectivity index (χ3v) is 1.66. The molecule has 68 valence electrons. The molecular weight excluding hydrogens is 166 g/mol. The molecule has 0 spiro atoms. The molecule has 1 rings (SSSR count). The van der Waals surface area contributed by atoms with Gasteiger partial charge in [-0.2, -0.15) is 0 Å². The second-order valence-corrected chi connectivity index (χ2v) is 2.47. The van der Waals surface area contributed by atoms with E-state index in [-0.39, 0.29) is 6.03 Å². The van der Waals surface area contributed by atoms with Gasteiger partial charge in [-0.05, 0) is 6.92 Å². The number of terminal acetylenes is 1. The first kappa shape index (κ1) is 9.33. The van der Waals surface area contributed by atoms with Crippen LogP contribution in [0.25, 0.3) is 0 Å². The van der Waals surface area contributed by atoms with Crippen molar-refractivity contribution in [1.82, 2.24) is 14.5 Å². The van der Waals surface area contributed by atoms with E-state index < -0.39 is 0 Å². The highest BCUT2D eigenvalue weighted by atomic mass is 16.2. The zero-order valence-electron chi connectivity index (χ0n) is 7.47. The molecule has 13 heavy (non-hydrogen) atoms. The Balaban J connectivity index is 2.72. The Kier molecular flexibility index (Phi) is 3.09. The summed E-state index contributed by atoms with van der Waals surface area (Å²) in [6, 6.07) is -0.141. The first-order valence-electron chi connectivity index (χ1n) is 4.00. The van der Waals surface area contributed by atoms with E-state index >= 15 is 0 Å². The van der Waals surface area contributed by atoms with Crippen LogP contribution in [0.5, 0.6) is 0 Å². The SMILES string of the molecule is C#CCN(CC)C(=O)n1ccnc1. The summed E-state index contributed by atoms with van der Waals surface area (Å²) in [5, 5.41) is 0. The van der Waals surface area contributed by atoms with Crippen LogP contribution in [0.4, 0.5) is 4.79 Å². The summed E-state index contributed by atoms with van der Waals surface area (Å²) in [5.41, 5.74) is 0. The Labute approximate surface area is 77.2 Å². The number of carbonyl (C=O) groups excluding carboxylic acids is 1. The minimum atomic E-state index is -0.141. The second kappa shape index (κ2) is 4.31. The van der Waals surface area contributed by atoms with Gasteiger partial charge >= 0.3 is 6.03 Å². The largest absolute Gasteiger partial charge is 0.330 e. The molecule has 0 fully saturated rings. The maximum absolute atomic E-state index is 11.6. The summed E-state index contributed by atoms with van der Waals surface area (Å²) in [4.78, 5) is 16.9. The maximum Gasteiger partial charge on any atom is 0.330 e. The Morgan fingerprint density at radius 3 is 3.00 bits per heavy atom. The summed E-state index contributed by atoms with van der Waals surface area (Å²) in [5.74, 6) is 2.43. The molecule has 0 saturated carbocycles. The average molecular weight is 177 g/mol. The smallest absolute Gasteiger partial charge is 0.313 e. The lowest BCUT2D eigenvalue weighted by atomic mass is 10.5. The van der Waals surface area contributed by atoms with Crippen molar-refractivity contribution in [3.05, 3.63) is 18.7 Å². The lowest BCUT2D eigenvalue weighted by Crippen LogP contribution is -2.34. The van der Waals surface area contributed by atoms with E-state index in [1.165, 1.54) is 10.9 Å². The maximum atomic E-state index is 11.6. The van der Waals surface area contributed by atoms with Crippen molar-refractivity contribution in [2.45, 2.75) is 6.92 Å².